The van der Waals surface area contributed by atoms with Gasteiger partial charge in [0, 0.05) is 50.6 Å². The van der Waals surface area contributed by atoms with Crippen LogP contribution in [0.15, 0.2) is 48.5 Å². The average Bonchev–Trinajstić information content (AvgIpc) is 2.75. The van der Waals surface area contributed by atoms with Gasteiger partial charge in [0.25, 0.3) is 0 Å². The van der Waals surface area contributed by atoms with Crippen molar-refractivity contribution in [2.75, 3.05) is 56.6 Å². The van der Waals surface area contributed by atoms with Gasteiger partial charge in [-0.1, -0.05) is 29.8 Å². The van der Waals surface area contributed by atoms with E-state index in [1.165, 1.54) is 18.9 Å². The summed E-state index contributed by atoms with van der Waals surface area (Å²) in [5, 5.41) is 5.56. The molecular formula is C21H25ClN4O3. The first kappa shape index (κ1) is 21.0. The number of para-hydroxylation sites is 1. The normalized spacial score (nSPS) is 14.3. The summed E-state index contributed by atoms with van der Waals surface area (Å²) >= 11 is 6.03. The van der Waals surface area contributed by atoms with Gasteiger partial charge in [-0.25, -0.2) is 0 Å². The van der Waals surface area contributed by atoms with Gasteiger partial charge in [0.1, 0.15) is 5.75 Å². The third-order valence-corrected chi connectivity index (χ3v) is 5.12. The number of carbonyl (C=O) groups excluding carboxylic acids is 2. The van der Waals surface area contributed by atoms with E-state index in [1.807, 2.05) is 18.2 Å². The van der Waals surface area contributed by atoms with Crippen LogP contribution in [-0.2, 0) is 9.59 Å². The Kier molecular flexibility index (Phi) is 7.32. The quantitative estimate of drug-likeness (QED) is 0.706. The molecule has 2 N–H and O–H groups in total. The number of anilines is 2. The van der Waals surface area contributed by atoms with Gasteiger partial charge in [-0.2, -0.15) is 0 Å². The van der Waals surface area contributed by atoms with Gasteiger partial charge >= 0.3 is 11.8 Å². The molecule has 1 fully saturated rings. The Balaban J connectivity index is 1.37. The van der Waals surface area contributed by atoms with E-state index in [-0.39, 0.29) is 0 Å². The standard InChI is InChI=1S/C21H25ClN4O3/c1-29-19-8-7-16(15-18(19)22)24-21(28)20(27)23-9-10-25-11-13-26(14-12-25)17-5-3-2-4-6-17/h2-8,15H,9-14H2,1H3,(H,23,27)(H,24,28). The van der Waals surface area contributed by atoms with E-state index in [0.717, 1.165) is 26.2 Å². The number of hydrogen-bond acceptors (Lipinski definition) is 5. The Labute approximate surface area is 175 Å². The lowest BCUT2D eigenvalue weighted by molar-refractivity contribution is -0.136. The molecule has 29 heavy (non-hydrogen) atoms. The van der Waals surface area contributed by atoms with Gasteiger partial charge < -0.3 is 20.3 Å². The number of nitrogens with zero attached hydrogens (tertiary/aromatic N) is 2. The molecule has 1 aliphatic rings. The molecule has 0 atom stereocenters. The van der Waals surface area contributed by atoms with Gasteiger partial charge in [0.15, 0.2) is 0 Å². The SMILES string of the molecule is COc1ccc(NC(=O)C(=O)NCCN2CCN(c3ccccc3)CC2)cc1Cl. The Bertz CT molecular complexity index is 839. The topological polar surface area (TPSA) is 73.9 Å². The molecule has 1 saturated heterocycles. The minimum absolute atomic E-state index is 0.361. The zero-order chi connectivity index (χ0) is 20.6. The molecule has 0 saturated carbocycles. The van der Waals surface area contributed by atoms with Crippen molar-refractivity contribution in [2.45, 2.75) is 0 Å². The number of methoxy groups -OCH3 is 1. The predicted molar refractivity (Wildman–Crippen MR) is 115 cm³/mol. The lowest BCUT2D eigenvalue weighted by Gasteiger charge is -2.36. The molecule has 3 rings (SSSR count). The van der Waals surface area contributed by atoms with Crippen LogP contribution in [0.3, 0.4) is 0 Å². The molecule has 2 amide bonds. The second kappa shape index (κ2) is 10.1. The maximum atomic E-state index is 12.0. The van der Waals surface area contributed by atoms with Crippen LogP contribution in [0, 0.1) is 0 Å². The summed E-state index contributed by atoms with van der Waals surface area (Å²) in [5.74, 6) is -0.888. The van der Waals surface area contributed by atoms with E-state index >= 15 is 0 Å². The van der Waals surface area contributed by atoms with Gasteiger partial charge in [0.2, 0.25) is 0 Å². The smallest absolute Gasteiger partial charge is 0.313 e. The Hall–Kier alpha value is -2.77. The third kappa shape index (κ3) is 5.85. The molecule has 2 aromatic carbocycles. The molecule has 154 valence electrons. The van der Waals surface area contributed by atoms with Crippen LogP contribution in [-0.4, -0.2) is 63.1 Å². The fraction of sp³-hybridized carbons (Fsp3) is 0.333. The van der Waals surface area contributed by atoms with E-state index in [2.05, 4.69) is 32.6 Å². The number of halogens is 1. The highest BCUT2D eigenvalue weighted by Crippen LogP contribution is 2.27. The van der Waals surface area contributed by atoms with E-state index in [9.17, 15) is 9.59 Å². The third-order valence-electron chi connectivity index (χ3n) is 4.82. The van der Waals surface area contributed by atoms with Crippen LogP contribution < -0.4 is 20.3 Å². The molecule has 0 aliphatic carbocycles. The van der Waals surface area contributed by atoms with Crippen LogP contribution in [0.2, 0.25) is 5.02 Å². The molecule has 0 bridgehead atoms. The number of piperazine rings is 1. The van der Waals surface area contributed by atoms with Crippen LogP contribution in [0.4, 0.5) is 11.4 Å². The average molecular weight is 417 g/mol. The number of carbonyl (C=O) groups is 2. The van der Waals surface area contributed by atoms with Crippen LogP contribution in [0.25, 0.3) is 0 Å². The first-order valence-corrected chi connectivity index (χ1v) is 9.89. The van der Waals surface area contributed by atoms with Gasteiger partial charge in [0.05, 0.1) is 12.1 Å². The first-order valence-electron chi connectivity index (χ1n) is 9.52. The fourth-order valence-electron chi connectivity index (χ4n) is 3.21. The summed E-state index contributed by atoms with van der Waals surface area (Å²) < 4.78 is 5.06. The van der Waals surface area contributed by atoms with E-state index < -0.39 is 11.8 Å². The van der Waals surface area contributed by atoms with Gasteiger partial charge in [-0.05, 0) is 30.3 Å². The molecule has 7 nitrogen and oxygen atoms in total. The molecule has 1 heterocycles. The van der Waals surface area contributed by atoms with Crippen LogP contribution >= 0.6 is 11.6 Å². The second-order valence-electron chi connectivity index (χ2n) is 6.72. The first-order chi connectivity index (χ1) is 14.1. The highest BCUT2D eigenvalue weighted by molar-refractivity contribution is 6.40. The van der Waals surface area contributed by atoms with Gasteiger partial charge in [-0.3, -0.25) is 14.5 Å². The Morgan fingerprint density at radius 1 is 1.03 bits per heavy atom. The molecule has 0 spiro atoms. The molecule has 0 radical (unpaired) electrons. The number of benzene rings is 2. The number of amides is 2. The number of hydrogen-bond donors (Lipinski definition) is 2. The van der Waals surface area contributed by atoms with Crippen molar-refractivity contribution < 1.29 is 14.3 Å². The summed E-state index contributed by atoms with van der Waals surface area (Å²) in [6, 6.07) is 15.1. The van der Waals surface area contributed by atoms with Crippen molar-refractivity contribution in [1.29, 1.82) is 0 Å². The van der Waals surface area contributed by atoms with Crippen LogP contribution in [0.1, 0.15) is 0 Å². The maximum Gasteiger partial charge on any atom is 0.313 e. The van der Waals surface area contributed by atoms with Crippen molar-refractivity contribution in [3.05, 3.63) is 53.6 Å². The predicted octanol–water partition coefficient (Wildman–Crippen LogP) is 2.23. The minimum atomic E-state index is -0.722. The van der Waals surface area contributed by atoms with E-state index in [0.29, 0.717) is 29.5 Å². The van der Waals surface area contributed by atoms with Crippen molar-refractivity contribution in [2.24, 2.45) is 0 Å². The molecule has 8 heteroatoms. The van der Waals surface area contributed by atoms with E-state index in [4.69, 9.17) is 16.3 Å². The zero-order valence-corrected chi connectivity index (χ0v) is 17.1. The molecule has 0 unspecified atom stereocenters. The monoisotopic (exact) mass is 416 g/mol. The Morgan fingerprint density at radius 2 is 1.76 bits per heavy atom. The van der Waals surface area contributed by atoms with Crippen molar-refractivity contribution in [3.63, 3.8) is 0 Å². The zero-order valence-electron chi connectivity index (χ0n) is 16.4. The van der Waals surface area contributed by atoms with Gasteiger partial charge in [-0.15, -0.1) is 0 Å². The molecule has 0 aromatic heterocycles. The summed E-state index contributed by atoms with van der Waals surface area (Å²) in [7, 11) is 1.51. The van der Waals surface area contributed by atoms with Crippen molar-refractivity contribution in [1.82, 2.24) is 10.2 Å². The van der Waals surface area contributed by atoms with E-state index in [1.54, 1.807) is 12.1 Å². The second-order valence-corrected chi connectivity index (χ2v) is 7.13. The highest BCUT2D eigenvalue weighted by Gasteiger charge is 2.18. The largest absolute Gasteiger partial charge is 0.495 e. The summed E-state index contributed by atoms with van der Waals surface area (Å²) in [6.45, 7) is 4.84. The van der Waals surface area contributed by atoms with Crippen LogP contribution in [0.5, 0.6) is 5.75 Å². The fourth-order valence-corrected chi connectivity index (χ4v) is 3.47. The summed E-state index contributed by atoms with van der Waals surface area (Å²) in [5.41, 5.74) is 1.67. The van der Waals surface area contributed by atoms with Crippen molar-refractivity contribution >= 4 is 34.8 Å². The Morgan fingerprint density at radius 3 is 2.41 bits per heavy atom. The highest BCUT2D eigenvalue weighted by atomic mass is 35.5. The number of nitrogens with one attached hydrogen (secondary N) is 2. The summed E-state index contributed by atoms with van der Waals surface area (Å²) in [4.78, 5) is 28.7. The lowest BCUT2D eigenvalue weighted by atomic mass is 10.2. The molecule has 2 aromatic rings. The maximum absolute atomic E-state index is 12.0. The lowest BCUT2D eigenvalue weighted by Crippen LogP contribution is -2.49. The minimum Gasteiger partial charge on any atom is -0.495 e. The number of rotatable bonds is 6. The van der Waals surface area contributed by atoms with Crippen molar-refractivity contribution in [3.8, 4) is 5.75 Å². The molecular weight excluding hydrogens is 392 g/mol. The summed E-state index contributed by atoms with van der Waals surface area (Å²) in [6.07, 6.45) is 0. The number of ether oxygens (including phenoxy) is 1. The molecule has 1 aliphatic heterocycles.